The molecule has 0 saturated carbocycles. The van der Waals surface area contributed by atoms with Crippen LogP contribution >= 0.6 is 0 Å². The van der Waals surface area contributed by atoms with Gasteiger partial charge in [0, 0.05) is 5.56 Å². The summed E-state index contributed by atoms with van der Waals surface area (Å²) in [6.45, 7) is 5.42. The molecular formula is C11H16O2. The van der Waals surface area contributed by atoms with Crippen LogP contribution in [0.1, 0.15) is 25.7 Å². The molecule has 0 bridgehead atoms. The zero-order valence-corrected chi connectivity index (χ0v) is 8.19. The molecule has 1 aliphatic rings. The number of rotatable bonds is 1. The summed E-state index contributed by atoms with van der Waals surface area (Å²) in [5, 5.41) is 0. The quantitative estimate of drug-likeness (QED) is 0.661. The van der Waals surface area contributed by atoms with Gasteiger partial charge in [0.2, 0.25) is 0 Å². The van der Waals surface area contributed by atoms with Crippen molar-refractivity contribution < 1.29 is 9.47 Å². The summed E-state index contributed by atoms with van der Waals surface area (Å²) in [5.41, 5.74) is 1.10. The highest BCUT2D eigenvalue weighted by molar-refractivity contribution is 5.16. The molecule has 0 unspecified atom stereocenters. The van der Waals surface area contributed by atoms with Crippen molar-refractivity contribution in [2.45, 2.75) is 20.1 Å². The Morgan fingerprint density at radius 3 is 2.08 bits per heavy atom. The van der Waals surface area contributed by atoms with Crippen LogP contribution in [-0.2, 0) is 9.47 Å². The van der Waals surface area contributed by atoms with Gasteiger partial charge in [-0.1, -0.05) is 44.2 Å². The molecule has 0 radical (unpaired) electrons. The molecule has 0 aromatic heterocycles. The van der Waals surface area contributed by atoms with Gasteiger partial charge in [-0.2, -0.15) is 0 Å². The lowest BCUT2D eigenvalue weighted by molar-refractivity contribution is -0.0441. The van der Waals surface area contributed by atoms with E-state index in [2.05, 4.69) is 0 Å². The Kier molecular flexibility index (Phi) is 4.50. The van der Waals surface area contributed by atoms with Gasteiger partial charge in [-0.3, -0.25) is 0 Å². The first-order chi connectivity index (χ1) is 6.47. The van der Waals surface area contributed by atoms with E-state index in [-0.39, 0.29) is 6.29 Å². The second-order valence-corrected chi connectivity index (χ2v) is 2.48. The van der Waals surface area contributed by atoms with Crippen molar-refractivity contribution in [1.29, 1.82) is 0 Å². The minimum Gasteiger partial charge on any atom is -0.346 e. The van der Waals surface area contributed by atoms with Gasteiger partial charge in [0.15, 0.2) is 6.29 Å². The molecule has 0 amide bonds. The van der Waals surface area contributed by atoms with Crippen LogP contribution in [0, 0.1) is 0 Å². The first kappa shape index (κ1) is 10.2. The van der Waals surface area contributed by atoms with Crippen molar-refractivity contribution in [2.24, 2.45) is 0 Å². The molecule has 1 aromatic carbocycles. The smallest absolute Gasteiger partial charge is 0.184 e. The monoisotopic (exact) mass is 180 g/mol. The molecule has 13 heavy (non-hydrogen) atoms. The van der Waals surface area contributed by atoms with E-state index in [0.717, 1.165) is 5.56 Å². The summed E-state index contributed by atoms with van der Waals surface area (Å²) in [6.07, 6.45) is -0.129. The standard InChI is InChI=1S/C9H10O2.C2H6/c1-2-4-8(5-3-1)9-10-6-7-11-9;1-2/h1-5,9H,6-7H2;1-2H3. The second kappa shape index (κ2) is 5.73. The fourth-order valence-electron chi connectivity index (χ4n) is 1.16. The molecular weight excluding hydrogens is 164 g/mol. The maximum absolute atomic E-state index is 5.32. The molecule has 2 heteroatoms. The van der Waals surface area contributed by atoms with E-state index in [1.165, 1.54) is 0 Å². The summed E-state index contributed by atoms with van der Waals surface area (Å²) in [7, 11) is 0. The van der Waals surface area contributed by atoms with Gasteiger partial charge < -0.3 is 9.47 Å². The summed E-state index contributed by atoms with van der Waals surface area (Å²) in [4.78, 5) is 0. The highest BCUT2D eigenvalue weighted by atomic mass is 16.7. The molecule has 2 nitrogen and oxygen atoms in total. The number of benzene rings is 1. The molecule has 0 spiro atoms. The van der Waals surface area contributed by atoms with Crippen molar-refractivity contribution in [1.82, 2.24) is 0 Å². The lowest BCUT2D eigenvalue weighted by Crippen LogP contribution is -1.96. The van der Waals surface area contributed by atoms with Gasteiger partial charge in [-0.15, -0.1) is 0 Å². The Bertz CT molecular complexity index is 215. The van der Waals surface area contributed by atoms with Crippen molar-refractivity contribution in [3.8, 4) is 0 Å². The normalized spacial score (nSPS) is 16.5. The number of ether oxygens (including phenoxy) is 2. The largest absolute Gasteiger partial charge is 0.346 e. The summed E-state index contributed by atoms with van der Waals surface area (Å²) < 4.78 is 10.6. The van der Waals surface area contributed by atoms with Crippen molar-refractivity contribution in [3.05, 3.63) is 35.9 Å². The zero-order valence-electron chi connectivity index (χ0n) is 8.19. The van der Waals surface area contributed by atoms with Crippen LogP contribution in [0.3, 0.4) is 0 Å². The summed E-state index contributed by atoms with van der Waals surface area (Å²) in [5.74, 6) is 0. The predicted molar refractivity (Wildman–Crippen MR) is 52.4 cm³/mol. The lowest BCUT2D eigenvalue weighted by Gasteiger charge is -2.07. The lowest BCUT2D eigenvalue weighted by atomic mass is 10.2. The molecule has 0 atom stereocenters. The average molecular weight is 180 g/mol. The topological polar surface area (TPSA) is 18.5 Å². The predicted octanol–water partition coefficient (Wildman–Crippen LogP) is 2.76. The van der Waals surface area contributed by atoms with Gasteiger partial charge in [-0.25, -0.2) is 0 Å². The molecule has 1 saturated heterocycles. The third kappa shape index (κ3) is 2.83. The van der Waals surface area contributed by atoms with Gasteiger partial charge >= 0.3 is 0 Å². The van der Waals surface area contributed by atoms with E-state index in [4.69, 9.17) is 9.47 Å². The Morgan fingerprint density at radius 2 is 1.54 bits per heavy atom. The van der Waals surface area contributed by atoms with Crippen molar-refractivity contribution in [3.63, 3.8) is 0 Å². The SMILES string of the molecule is CC.c1ccc(C2OCCO2)cc1. The maximum atomic E-state index is 5.32. The zero-order chi connectivity index (χ0) is 9.52. The number of hydrogen-bond acceptors (Lipinski definition) is 2. The third-order valence-corrected chi connectivity index (χ3v) is 1.69. The van der Waals surface area contributed by atoms with E-state index in [1.54, 1.807) is 0 Å². The third-order valence-electron chi connectivity index (χ3n) is 1.69. The summed E-state index contributed by atoms with van der Waals surface area (Å²) in [6, 6.07) is 9.98. The van der Waals surface area contributed by atoms with Crippen LogP contribution < -0.4 is 0 Å². The fraction of sp³-hybridized carbons (Fsp3) is 0.455. The van der Waals surface area contributed by atoms with E-state index in [0.29, 0.717) is 13.2 Å². The van der Waals surface area contributed by atoms with Crippen LogP contribution in [0.15, 0.2) is 30.3 Å². The molecule has 72 valence electrons. The van der Waals surface area contributed by atoms with E-state index < -0.39 is 0 Å². The highest BCUT2D eigenvalue weighted by Gasteiger charge is 2.16. The first-order valence-electron chi connectivity index (χ1n) is 4.75. The van der Waals surface area contributed by atoms with Crippen molar-refractivity contribution >= 4 is 0 Å². The molecule has 1 aromatic rings. The van der Waals surface area contributed by atoms with Gasteiger partial charge in [0.25, 0.3) is 0 Å². The first-order valence-corrected chi connectivity index (χ1v) is 4.75. The Hall–Kier alpha value is -0.860. The van der Waals surface area contributed by atoms with Crippen LogP contribution in [0.25, 0.3) is 0 Å². The molecule has 2 rings (SSSR count). The highest BCUT2D eigenvalue weighted by Crippen LogP contribution is 2.21. The molecule has 0 aliphatic carbocycles. The van der Waals surface area contributed by atoms with E-state index in [9.17, 15) is 0 Å². The van der Waals surface area contributed by atoms with Crippen LogP contribution in [0.2, 0.25) is 0 Å². The molecule has 1 aliphatic heterocycles. The van der Waals surface area contributed by atoms with E-state index in [1.807, 2.05) is 44.2 Å². The van der Waals surface area contributed by atoms with Gasteiger partial charge in [0.05, 0.1) is 13.2 Å². The minimum absolute atomic E-state index is 0.129. The minimum atomic E-state index is -0.129. The molecule has 1 heterocycles. The van der Waals surface area contributed by atoms with Crippen LogP contribution in [0.4, 0.5) is 0 Å². The van der Waals surface area contributed by atoms with Crippen LogP contribution in [-0.4, -0.2) is 13.2 Å². The molecule has 0 N–H and O–H groups in total. The Labute approximate surface area is 79.5 Å². The van der Waals surface area contributed by atoms with Crippen LogP contribution in [0.5, 0.6) is 0 Å². The maximum Gasteiger partial charge on any atom is 0.184 e. The Balaban J connectivity index is 0.000000396. The van der Waals surface area contributed by atoms with Crippen molar-refractivity contribution in [2.75, 3.05) is 13.2 Å². The second-order valence-electron chi connectivity index (χ2n) is 2.48. The average Bonchev–Trinajstić information content (AvgIpc) is 2.75. The van der Waals surface area contributed by atoms with E-state index >= 15 is 0 Å². The van der Waals surface area contributed by atoms with Gasteiger partial charge in [-0.05, 0) is 0 Å². The Morgan fingerprint density at radius 1 is 1.00 bits per heavy atom. The fourth-order valence-corrected chi connectivity index (χ4v) is 1.16. The van der Waals surface area contributed by atoms with Gasteiger partial charge in [0.1, 0.15) is 0 Å². The number of hydrogen-bond donors (Lipinski definition) is 0. The molecule has 1 fully saturated rings. The summed E-state index contributed by atoms with van der Waals surface area (Å²) >= 11 is 0.